The number of amides is 2. The molecule has 0 N–H and O–H groups in total. The van der Waals surface area contributed by atoms with Crippen molar-refractivity contribution in [2.24, 2.45) is 5.92 Å². The van der Waals surface area contributed by atoms with Crippen LogP contribution in [0.25, 0.3) is 0 Å². The summed E-state index contributed by atoms with van der Waals surface area (Å²) in [6, 6.07) is 3.82. The first kappa shape index (κ1) is 18.8. The molecule has 2 saturated heterocycles. The molecule has 2 amide bonds. The highest BCUT2D eigenvalue weighted by Crippen LogP contribution is 2.22. The third-order valence-electron chi connectivity index (χ3n) is 5.10. The molecule has 0 saturated carbocycles. The van der Waals surface area contributed by atoms with Gasteiger partial charge in [-0.25, -0.2) is 0 Å². The van der Waals surface area contributed by atoms with E-state index in [1.807, 2.05) is 24.0 Å². The molecule has 26 heavy (non-hydrogen) atoms. The fourth-order valence-electron chi connectivity index (χ4n) is 3.59. The molecule has 1 unspecified atom stereocenters. The van der Waals surface area contributed by atoms with E-state index < -0.39 is 0 Å². The number of carbonyl (C=O) groups is 2. The van der Waals surface area contributed by atoms with Gasteiger partial charge in [-0.1, -0.05) is 6.07 Å². The van der Waals surface area contributed by atoms with E-state index >= 15 is 0 Å². The second-order valence-electron chi connectivity index (χ2n) is 6.90. The fourth-order valence-corrected chi connectivity index (χ4v) is 3.59. The van der Waals surface area contributed by atoms with E-state index in [0.717, 1.165) is 51.5 Å². The number of ether oxygens (including phenoxy) is 1. The van der Waals surface area contributed by atoms with Crippen molar-refractivity contribution in [3.63, 3.8) is 0 Å². The Hall–Kier alpha value is -1.99. The molecule has 7 heteroatoms. The topological polar surface area (TPSA) is 66.0 Å². The van der Waals surface area contributed by atoms with Gasteiger partial charge in [0.15, 0.2) is 0 Å². The number of hydrogen-bond acceptors (Lipinski definition) is 5. The minimum atomic E-state index is -0.214. The van der Waals surface area contributed by atoms with E-state index in [1.54, 1.807) is 17.3 Å². The molecular weight excluding hydrogens is 332 g/mol. The van der Waals surface area contributed by atoms with E-state index in [-0.39, 0.29) is 17.7 Å². The number of aromatic nitrogens is 1. The molecule has 0 bridgehead atoms. The van der Waals surface area contributed by atoms with Gasteiger partial charge in [-0.3, -0.25) is 19.5 Å². The Morgan fingerprint density at radius 2 is 2.12 bits per heavy atom. The molecule has 7 nitrogen and oxygen atoms in total. The van der Waals surface area contributed by atoms with Crippen LogP contribution in [0, 0.1) is 5.92 Å². The Balaban J connectivity index is 1.46. The zero-order valence-electron chi connectivity index (χ0n) is 15.5. The molecule has 2 fully saturated rings. The Bertz CT molecular complexity index is 602. The van der Waals surface area contributed by atoms with Gasteiger partial charge < -0.3 is 14.5 Å². The number of pyridine rings is 1. The lowest BCUT2D eigenvalue weighted by Crippen LogP contribution is -2.51. The lowest BCUT2D eigenvalue weighted by Gasteiger charge is -2.35. The maximum absolute atomic E-state index is 12.8. The van der Waals surface area contributed by atoms with Crippen molar-refractivity contribution in [2.45, 2.75) is 19.9 Å². The zero-order chi connectivity index (χ0) is 18.4. The lowest BCUT2D eigenvalue weighted by molar-refractivity contribution is -0.137. The van der Waals surface area contributed by atoms with Gasteiger partial charge in [-0.2, -0.15) is 0 Å². The van der Waals surface area contributed by atoms with Gasteiger partial charge in [0.2, 0.25) is 11.8 Å². The molecule has 3 heterocycles. The predicted molar refractivity (Wildman–Crippen MR) is 97.3 cm³/mol. The van der Waals surface area contributed by atoms with Gasteiger partial charge in [0.1, 0.15) is 0 Å². The summed E-state index contributed by atoms with van der Waals surface area (Å²) in [6.07, 6.45) is 3.81. The van der Waals surface area contributed by atoms with E-state index in [1.165, 1.54) is 0 Å². The van der Waals surface area contributed by atoms with Crippen molar-refractivity contribution in [3.8, 4) is 0 Å². The van der Waals surface area contributed by atoms with E-state index in [0.29, 0.717) is 19.5 Å². The average Bonchev–Trinajstić information content (AvgIpc) is 3.03. The molecule has 2 aliphatic rings. The highest BCUT2D eigenvalue weighted by molar-refractivity contribution is 5.89. The van der Waals surface area contributed by atoms with Gasteiger partial charge in [0, 0.05) is 71.2 Å². The van der Waals surface area contributed by atoms with Crippen molar-refractivity contribution >= 4 is 11.8 Å². The number of hydrogen-bond donors (Lipinski definition) is 0. The first-order valence-corrected chi connectivity index (χ1v) is 9.43. The van der Waals surface area contributed by atoms with Crippen LogP contribution in [0.3, 0.4) is 0 Å². The van der Waals surface area contributed by atoms with Crippen molar-refractivity contribution < 1.29 is 14.3 Å². The van der Waals surface area contributed by atoms with Crippen molar-refractivity contribution in [1.29, 1.82) is 0 Å². The summed E-state index contributed by atoms with van der Waals surface area (Å²) in [7, 11) is 0. The molecular formula is C19H28N4O3. The molecule has 2 aliphatic heterocycles. The molecule has 1 aromatic rings. The van der Waals surface area contributed by atoms with Crippen LogP contribution in [0.5, 0.6) is 0 Å². The molecule has 0 aliphatic carbocycles. The minimum Gasteiger partial charge on any atom is -0.380 e. The van der Waals surface area contributed by atoms with Crippen LogP contribution >= 0.6 is 0 Å². The van der Waals surface area contributed by atoms with Crippen molar-refractivity contribution in [2.75, 3.05) is 52.5 Å². The second kappa shape index (κ2) is 9.09. The van der Waals surface area contributed by atoms with Gasteiger partial charge in [0.05, 0.1) is 12.5 Å². The van der Waals surface area contributed by atoms with Crippen LogP contribution in [-0.2, 0) is 20.9 Å². The Morgan fingerprint density at radius 3 is 2.81 bits per heavy atom. The molecule has 142 valence electrons. The van der Waals surface area contributed by atoms with Crippen LogP contribution in [0.1, 0.15) is 18.9 Å². The van der Waals surface area contributed by atoms with Crippen LogP contribution in [0.4, 0.5) is 0 Å². The SMILES string of the molecule is CCOCCN1CCN(C(=O)C2CC(=O)N(Cc3cccnc3)C2)CC1. The van der Waals surface area contributed by atoms with Crippen LogP contribution in [0.15, 0.2) is 24.5 Å². The summed E-state index contributed by atoms with van der Waals surface area (Å²) in [5.41, 5.74) is 0.997. The molecule has 0 radical (unpaired) electrons. The largest absolute Gasteiger partial charge is 0.380 e. The van der Waals surface area contributed by atoms with Gasteiger partial charge in [-0.15, -0.1) is 0 Å². The monoisotopic (exact) mass is 360 g/mol. The Morgan fingerprint density at radius 1 is 1.31 bits per heavy atom. The number of nitrogens with zero attached hydrogens (tertiary/aromatic N) is 4. The predicted octanol–water partition coefficient (Wildman–Crippen LogP) is 0.611. The average molecular weight is 360 g/mol. The quantitative estimate of drug-likeness (QED) is 0.667. The third-order valence-corrected chi connectivity index (χ3v) is 5.10. The standard InChI is InChI=1S/C19H28N4O3/c1-2-26-11-10-21-6-8-22(9-7-21)19(25)17-12-18(24)23(15-17)14-16-4-3-5-20-13-16/h3-5,13,17H,2,6-12,14-15H2,1H3. The van der Waals surface area contributed by atoms with Crippen LogP contribution in [-0.4, -0.2) is 84.0 Å². The van der Waals surface area contributed by atoms with E-state index in [4.69, 9.17) is 4.74 Å². The first-order chi connectivity index (χ1) is 12.7. The second-order valence-corrected chi connectivity index (χ2v) is 6.90. The fraction of sp³-hybridized carbons (Fsp3) is 0.632. The maximum atomic E-state index is 12.8. The molecule has 1 aromatic heterocycles. The number of likely N-dealkylation sites (tertiary alicyclic amines) is 1. The van der Waals surface area contributed by atoms with Gasteiger partial charge >= 0.3 is 0 Å². The highest BCUT2D eigenvalue weighted by Gasteiger charge is 2.37. The molecule has 1 atom stereocenters. The molecule has 3 rings (SSSR count). The van der Waals surface area contributed by atoms with Crippen molar-refractivity contribution in [3.05, 3.63) is 30.1 Å². The third kappa shape index (κ3) is 4.80. The lowest BCUT2D eigenvalue weighted by atomic mass is 10.1. The number of carbonyl (C=O) groups excluding carboxylic acids is 2. The summed E-state index contributed by atoms with van der Waals surface area (Å²) < 4.78 is 5.39. The number of piperazine rings is 1. The van der Waals surface area contributed by atoms with E-state index in [2.05, 4.69) is 9.88 Å². The summed E-state index contributed by atoms with van der Waals surface area (Å²) >= 11 is 0. The molecule has 0 aromatic carbocycles. The smallest absolute Gasteiger partial charge is 0.228 e. The normalized spacial score (nSPS) is 21.4. The van der Waals surface area contributed by atoms with Crippen LogP contribution in [0.2, 0.25) is 0 Å². The Kier molecular flexibility index (Phi) is 6.57. The van der Waals surface area contributed by atoms with Gasteiger partial charge in [0.25, 0.3) is 0 Å². The minimum absolute atomic E-state index is 0.0579. The number of rotatable bonds is 7. The summed E-state index contributed by atoms with van der Waals surface area (Å²) in [6.45, 7) is 8.65. The Labute approximate surface area is 154 Å². The summed E-state index contributed by atoms with van der Waals surface area (Å²) in [4.78, 5) is 35.2. The maximum Gasteiger partial charge on any atom is 0.228 e. The summed E-state index contributed by atoms with van der Waals surface area (Å²) in [5.74, 6) is -0.0341. The first-order valence-electron chi connectivity index (χ1n) is 9.43. The van der Waals surface area contributed by atoms with E-state index in [9.17, 15) is 9.59 Å². The highest BCUT2D eigenvalue weighted by atomic mass is 16.5. The zero-order valence-corrected chi connectivity index (χ0v) is 15.5. The van der Waals surface area contributed by atoms with Crippen LogP contribution < -0.4 is 0 Å². The summed E-state index contributed by atoms with van der Waals surface area (Å²) in [5, 5.41) is 0. The molecule has 0 spiro atoms. The van der Waals surface area contributed by atoms with Crippen molar-refractivity contribution in [1.82, 2.24) is 19.7 Å². The van der Waals surface area contributed by atoms with Gasteiger partial charge in [-0.05, 0) is 18.6 Å².